The van der Waals surface area contributed by atoms with Crippen molar-refractivity contribution in [2.45, 2.75) is 56.2 Å². The molecule has 0 aromatic carbocycles. The number of carbonyl (C=O) groups excluding carboxylic acids is 2. The third-order valence-electron chi connectivity index (χ3n) is 5.94. The Hall–Kier alpha value is -0.950. The van der Waals surface area contributed by atoms with Gasteiger partial charge in [0.25, 0.3) is 0 Å². The lowest BCUT2D eigenvalue weighted by atomic mass is 9.48. The fourth-order valence-electron chi connectivity index (χ4n) is 5.40. The van der Waals surface area contributed by atoms with Gasteiger partial charge in [-0.05, 0) is 63.2 Å². The molecule has 4 bridgehead atoms. The lowest BCUT2D eigenvalue weighted by molar-refractivity contribution is -0.141. The first-order valence-corrected chi connectivity index (χ1v) is 10.8. The van der Waals surface area contributed by atoms with Crippen LogP contribution in [-0.4, -0.2) is 31.7 Å². The molecular weight excluding hydrogens is 344 g/mol. The number of aromatic nitrogens is 2. The number of hydrogen-bond donors (Lipinski definition) is 0. The zero-order valence-electron chi connectivity index (χ0n) is 13.8. The van der Waals surface area contributed by atoms with Crippen LogP contribution in [0.2, 0.25) is 0 Å². The highest BCUT2D eigenvalue weighted by molar-refractivity contribution is 7.87. The topological polar surface area (TPSA) is 77.0 Å². The Balaban J connectivity index is 1.45. The van der Waals surface area contributed by atoms with Crippen LogP contribution in [-0.2, 0) is 26.8 Å². The van der Waals surface area contributed by atoms with E-state index >= 15 is 0 Å². The maximum Gasteiger partial charge on any atom is 0.205 e. The average Bonchev–Trinajstić information content (AvgIpc) is 2.93. The van der Waals surface area contributed by atoms with E-state index in [1.807, 2.05) is 0 Å². The summed E-state index contributed by atoms with van der Waals surface area (Å²) in [6.07, 6.45) is 7.10. The summed E-state index contributed by atoms with van der Waals surface area (Å²) in [6, 6.07) is 0. The number of hydrogen-bond acceptors (Lipinski definition) is 6. The molecule has 1 unspecified atom stereocenters. The van der Waals surface area contributed by atoms with Crippen LogP contribution in [0.25, 0.3) is 0 Å². The Morgan fingerprint density at radius 3 is 2.25 bits per heavy atom. The predicted octanol–water partition coefficient (Wildman–Crippen LogP) is 2.56. The highest BCUT2D eigenvalue weighted by Crippen LogP contribution is 2.60. The van der Waals surface area contributed by atoms with Gasteiger partial charge >= 0.3 is 0 Å². The zero-order chi connectivity index (χ0) is 16.9. The Morgan fingerprint density at radius 1 is 1.12 bits per heavy atom. The molecule has 24 heavy (non-hydrogen) atoms. The SMILES string of the molecule is CC(=O)Cc1nnc(S(=O)CC(=O)C23CC4CC(CC(C4)C2)C3)s1. The van der Waals surface area contributed by atoms with Gasteiger partial charge in [0.15, 0.2) is 5.78 Å². The van der Waals surface area contributed by atoms with Crippen LogP contribution in [0.15, 0.2) is 4.34 Å². The predicted molar refractivity (Wildman–Crippen MR) is 91.2 cm³/mol. The van der Waals surface area contributed by atoms with E-state index in [4.69, 9.17) is 0 Å². The summed E-state index contributed by atoms with van der Waals surface area (Å²) in [5, 5.41) is 8.43. The van der Waals surface area contributed by atoms with Crippen LogP contribution in [0.5, 0.6) is 0 Å². The van der Waals surface area contributed by atoms with Gasteiger partial charge in [-0.2, -0.15) is 0 Å². The van der Waals surface area contributed by atoms with Crippen LogP contribution in [0.3, 0.4) is 0 Å². The summed E-state index contributed by atoms with van der Waals surface area (Å²) in [5.74, 6) is 2.35. The van der Waals surface area contributed by atoms with E-state index in [0.29, 0.717) is 27.1 Å². The minimum atomic E-state index is -1.44. The molecule has 0 radical (unpaired) electrons. The normalized spacial score (nSPS) is 35.1. The highest BCUT2D eigenvalue weighted by atomic mass is 32.2. The zero-order valence-corrected chi connectivity index (χ0v) is 15.5. The van der Waals surface area contributed by atoms with E-state index < -0.39 is 10.8 Å². The standard InChI is InChI=1S/C17H22N2O3S2/c1-10(20)2-15-18-19-16(23-15)24(22)9-14(21)17-6-11-3-12(7-17)5-13(4-11)8-17/h11-13H,2-9H2,1H3. The summed E-state index contributed by atoms with van der Waals surface area (Å²) in [7, 11) is -1.44. The van der Waals surface area contributed by atoms with E-state index in [2.05, 4.69) is 10.2 Å². The Kier molecular flexibility index (Phi) is 4.19. The van der Waals surface area contributed by atoms with E-state index in [9.17, 15) is 13.8 Å². The minimum absolute atomic E-state index is 0.00752. The van der Waals surface area contributed by atoms with Crippen molar-refractivity contribution < 1.29 is 13.8 Å². The van der Waals surface area contributed by atoms with Gasteiger partial charge in [0.2, 0.25) is 4.34 Å². The Bertz CT molecular complexity index is 677. The van der Waals surface area contributed by atoms with Crippen molar-refractivity contribution in [2.75, 3.05) is 5.75 Å². The summed E-state index contributed by atoms with van der Waals surface area (Å²) in [4.78, 5) is 24.1. The van der Waals surface area contributed by atoms with Crippen LogP contribution in [0.4, 0.5) is 0 Å². The number of Topliss-reactive ketones (excluding diaryl/α,β-unsaturated/α-hetero) is 2. The van der Waals surface area contributed by atoms with E-state index in [1.165, 1.54) is 37.5 Å². The molecule has 0 amide bonds. The molecule has 4 aliphatic rings. The second-order valence-electron chi connectivity index (χ2n) is 7.95. The number of ketones is 2. The monoisotopic (exact) mass is 366 g/mol. The van der Waals surface area contributed by atoms with Crippen LogP contribution < -0.4 is 0 Å². The molecule has 0 spiro atoms. The Labute approximate surface area is 148 Å². The maximum absolute atomic E-state index is 13.0. The van der Waals surface area contributed by atoms with Crippen LogP contribution in [0, 0.1) is 23.2 Å². The largest absolute Gasteiger partial charge is 0.300 e. The number of carbonyl (C=O) groups is 2. The van der Waals surface area contributed by atoms with Crippen LogP contribution in [0.1, 0.15) is 50.5 Å². The first-order valence-electron chi connectivity index (χ1n) is 8.67. The molecule has 1 atom stereocenters. The molecule has 5 nitrogen and oxygen atoms in total. The Morgan fingerprint density at radius 2 is 1.71 bits per heavy atom. The lowest BCUT2D eigenvalue weighted by Gasteiger charge is -2.55. The lowest BCUT2D eigenvalue weighted by Crippen LogP contribution is -2.51. The van der Waals surface area contributed by atoms with Gasteiger partial charge in [0.05, 0.1) is 23.0 Å². The molecule has 1 aromatic heterocycles. The first kappa shape index (κ1) is 16.5. The van der Waals surface area contributed by atoms with Crippen molar-refractivity contribution >= 4 is 33.7 Å². The maximum atomic E-state index is 13.0. The van der Waals surface area contributed by atoms with Gasteiger partial charge in [-0.15, -0.1) is 10.2 Å². The first-order chi connectivity index (χ1) is 11.4. The fraction of sp³-hybridized carbons (Fsp3) is 0.765. The van der Waals surface area contributed by atoms with Crippen molar-refractivity contribution in [3.05, 3.63) is 5.01 Å². The molecule has 0 saturated heterocycles. The van der Waals surface area contributed by atoms with Gasteiger partial charge in [0, 0.05) is 5.41 Å². The van der Waals surface area contributed by atoms with Gasteiger partial charge in [-0.1, -0.05) is 11.3 Å². The van der Waals surface area contributed by atoms with Gasteiger partial charge in [-0.25, -0.2) is 0 Å². The molecule has 4 aliphatic carbocycles. The molecule has 4 saturated carbocycles. The van der Waals surface area contributed by atoms with Gasteiger partial charge in [0.1, 0.15) is 10.8 Å². The van der Waals surface area contributed by atoms with Gasteiger partial charge in [-0.3, -0.25) is 13.8 Å². The summed E-state index contributed by atoms with van der Waals surface area (Å²) in [6.45, 7) is 1.49. The second kappa shape index (κ2) is 6.09. The number of rotatable bonds is 6. The minimum Gasteiger partial charge on any atom is -0.300 e. The fourth-order valence-corrected chi connectivity index (χ4v) is 7.68. The smallest absolute Gasteiger partial charge is 0.205 e. The van der Waals surface area contributed by atoms with Crippen molar-refractivity contribution in [2.24, 2.45) is 23.2 Å². The van der Waals surface area contributed by atoms with Crippen molar-refractivity contribution in [3.8, 4) is 0 Å². The van der Waals surface area contributed by atoms with Crippen molar-refractivity contribution in [1.82, 2.24) is 10.2 Å². The van der Waals surface area contributed by atoms with E-state index in [1.54, 1.807) is 0 Å². The average molecular weight is 367 g/mol. The van der Waals surface area contributed by atoms with Crippen molar-refractivity contribution in [1.29, 1.82) is 0 Å². The molecule has 1 heterocycles. The molecule has 7 heteroatoms. The molecule has 0 aliphatic heterocycles. The van der Waals surface area contributed by atoms with Crippen LogP contribution >= 0.6 is 11.3 Å². The quantitative estimate of drug-likeness (QED) is 0.773. The summed E-state index contributed by atoms with van der Waals surface area (Å²) < 4.78 is 12.9. The van der Waals surface area contributed by atoms with Crippen molar-refractivity contribution in [3.63, 3.8) is 0 Å². The second-order valence-corrected chi connectivity index (χ2v) is 10.6. The third kappa shape index (κ3) is 3.01. The molecule has 4 fully saturated rings. The summed E-state index contributed by atoms with van der Waals surface area (Å²) in [5.41, 5.74) is -0.211. The third-order valence-corrected chi connectivity index (χ3v) is 8.46. The van der Waals surface area contributed by atoms with E-state index in [-0.39, 0.29) is 29.2 Å². The number of nitrogens with zero attached hydrogens (tertiary/aromatic N) is 2. The van der Waals surface area contributed by atoms with Gasteiger partial charge < -0.3 is 0 Å². The van der Waals surface area contributed by atoms with E-state index in [0.717, 1.165) is 19.3 Å². The molecule has 1 aromatic rings. The molecule has 0 N–H and O–H groups in total. The molecule has 5 rings (SSSR count). The highest BCUT2D eigenvalue weighted by Gasteiger charge is 2.54. The molecular formula is C17H22N2O3S2. The molecule has 130 valence electrons. The summed E-state index contributed by atoms with van der Waals surface area (Å²) >= 11 is 1.19.